The summed E-state index contributed by atoms with van der Waals surface area (Å²) in [5, 5.41) is 13.3. The molecule has 0 amide bonds. The highest BCUT2D eigenvalue weighted by Crippen LogP contribution is 2.18. The minimum atomic E-state index is -0.415. The summed E-state index contributed by atoms with van der Waals surface area (Å²) in [6.07, 6.45) is 3.65. The Kier molecular flexibility index (Phi) is 5.84. The van der Waals surface area contributed by atoms with E-state index in [1.54, 1.807) is 18.7 Å². The van der Waals surface area contributed by atoms with Crippen LogP contribution in [0.5, 0.6) is 0 Å². The van der Waals surface area contributed by atoms with Crippen molar-refractivity contribution in [3.63, 3.8) is 0 Å². The van der Waals surface area contributed by atoms with Crippen LogP contribution in [0.15, 0.2) is 9.59 Å². The van der Waals surface area contributed by atoms with Crippen LogP contribution in [0.3, 0.4) is 0 Å². The van der Waals surface area contributed by atoms with Crippen LogP contribution in [0, 0.1) is 5.21 Å². The largest absolute Gasteiger partial charge is 0.632 e. The van der Waals surface area contributed by atoms with E-state index in [0.29, 0.717) is 30.1 Å². The molecule has 2 aromatic heterocycles. The molecule has 25 heavy (non-hydrogen) atoms. The van der Waals surface area contributed by atoms with E-state index in [1.807, 2.05) is 0 Å². The Hall–Kier alpha value is -1.93. The van der Waals surface area contributed by atoms with Gasteiger partial charge in [-0.2, -0.15) is 0 Å². The number of quaternary nitrogens is 1. The Bertz CT molecular complexity index is 854. The highest BCUT2D eigenvalue weighted by molar-refractivity contribution is 5.70. The van der Waals surface area contributed by atoms with Crippen LogP contribution in [0.2, 0.25) is 0 Å². The lowest BCUT2D eigenvalue weighted by atomic mass is 10.2. The molecule has 0 aromatic carbocycles. The summed E-state index contributed by atoms with van der Waals surface area (Å²) < 4.78 is 3.76. The standard InChI is InChI=1S/C17H29N5O3/c1-6-8-10-22(25,11-9-7-2)12-13-18-15-14(19(13)3)16(23)21(5)17(24)20(15)4/h6-12H2,1-5H3. The summed E-state index contributed by atoms with van der Waals surface area (Å²) in [4.78, 5) is 29.0. The van der Waals surface area contributed by atoms with Gasteiger partial charge in [-0.1, -0.05) is 26.7 Å². The van der Waals surface area contributed by atoms with Crippen molar-refractivity contribution < 1.29 is 4.65 Å². The van der Waals surface area contributed by atoms with Gasteiger partial charge in [0.1, 0.15) is 6.54 Å². The van der Waals surface area contributed by atoms with Crippen LogP contribution in [0.25, 0.3) is 11.2 Å². The van der Waals surface area contributed by atoms with Gasteiger partial charge in [-0.3, -0.25) is 13.9 Å². The third kappa shape index (κ3) is 3.69. The van der Waals surface area contributed by atoms with Gasteiger partial charge in [-0.05, 0) is 12.8 Å². The Morgan fingerprint density at radius 2 is 1.52 bits per heavy atom. The second-order valence-corrected chi connectivity index (χ2v) is 6.84. The van der Waals surface area contributed by atoms with Gasteiger partial charge in [-0.25, -0.2) is 9.78 Å². The number of rotatable bonds is 8. The maximum atomic E-state index is 13.3. The molecule has 0 saturated carbocycles. The molecule has 0 atom stereocenters. The fourth-order valence-corrected chi connectivity index (χ4v) is 3.13. The topological polar surface area (TPSA) is 84.9 Å². The van der Waals surface area contributed by atoms with Gasteiger partial charge in [0.2, 0.25) is 0 Å². The van der Waals surface area contributed by atoms with E-state index in [9.17, 15) is 14.8 Å². The molecule has 0 fully saturated rings. The molecule has 0 unspecified atom stereocenters. The van der Waals surface area contributed by atoms with Crippen molar-refractivity contribution in [1.29, 1.82) is 0 Å². The predicted molar refractivity (Wildman–Crippen MR) is 98.1 cm³/mol. The summed E-state index contributed by atoms with van der Waals surface area (Å²) in [5.74, 6) is 0.551. The molecule has 0 aliphatic heterocycles. The van der Waals surface area contributed by atoms with Crippen LogP contribution >= 0.6 is 0 Å². The number of hydroxylamine groups is 3. The first kappa shape index (κ1) is 19.4. The molecule has 2 aromatic rings. The molecule has 0 aliphatic rings. The highest BCUT2D eigenvalue weighted by Gasteiger charge is 2.23. The second-order valence-electron chi connectivity index (χ2n) is 6.84. The van der Waals surface area contributed by atoms with E-state index in [0.717, 1.165) is 30.3 Å². The number of aromatic nitrogens is 4. The monoisotopic (exact) mass is 351 g/mol. The molecule has 2 rings (SSSR count). The molecule has 0 radical (unpaired) electrons. The van der Waals surface area contributed by atoms with Gasteiger partial charge in [-0.15, -0.1) is 0 Å². The van der Waals surface area contributed by atoms with Gasteiger partial charge in [0.05, 0.1) is 13.1 Å². The molecule has 2 heterocycles. The third-order valence-corrected chi connectivity index (χ3v) is 4.84. The van der Waals surface area contributed by atoms with Crippen molar-refractivity contribution in [3.8, 4) is 0 Å². The summed E-state index contributed by atoms with van der Waals surface area (Å²) in [7, 11) is 4.78. The molecule has 0 bridgehead atoms. The van der Waals surface area contributed by atoms with Gasteiger partial charge in [0.15, 0.2) is 17.0 Å². The van der Waals surface area contributed by atoms with Gasteiger partial charge in [0, 0.05) is 21.1 Å². The van der Waals surface area contributed by atoms with Crippen molar-refractivity contribution in [3.05, 3.63) is 31.9 Å². The van der Waals surface area contributed by atoms with Crippen molar-refractivity contribution in [2.45, 2.75) is 46.1 Å². The Labute approximate surface area is 147 Å². The van der Waals surface area contributed by atoms with Gasteiger partial charge >= 0.3 is 5.69 Å². The van der Waals surface area contributed by atoms with E-state index >= 15 is 0 Å². The Morgan fingerprint density at radius 3 is 2.04 bits per heavy atom. The maximum absolute atomic E-state index is 13.3. The molecular weight excluding hydrogens is 322 g/mol. The van der Waals surface area contributed by atoms with E-state index in [2.05, 4.69) is 18.8 Å². The fraction of sp³-hybridized carbons (Fsp3) is 0.706. The lowest BCUT2D eigenvalue weighted by molar-refractivity contribution is -0.895. The molecular formula is C17H29N5O3. The number of hydrogen-bond acceptors (Lipinski definition) is 4. The normalized spacial score (nSPS) is 12.2. The highest BCUT2D eigenvalue weighted by atomic mass is 16.5. The maximum Gasteiger partial charge on any atom is 0.332 e. The van der Waals surface area contributed by atoms with Gasteiger partial charge in [0.25, 0.3) is 5.56 Å². The molecule has 8 heteroatoms. The SMILES string of the molecule is CCCC[N+]([O-])(CCCC)Cc1nc2c(c(=O)n(C)c(=O)n2C)n1C. The van der Waals surface area contributed by atoms with Crippen molar-refractivity contribution in [1.82, 2.24) is 18.7 Å². The lowest BCUT2D eigenvalue weighted by Gasteiger charge is -2.42. The number of unbranched alkanes of at least 4 members (excludes halogenated alkanes) is 2. The van der Waals surface area contributed by atoms with E-state index in [1.165, 1.54) is 11.6 Å². The lowest BCUT2D eigenvalue weighted by Crippen LogP contribution is -2.43. The summed E-state index contributed by atoms with van der Waals surface area (Å²) >= 11 is 0. The van der Waals surface area contributed by atoms with Gasteiger partial charge < -0.3 is 14.4 Å². The van der Waals surface area contributed by atoms with Crippen molar-refractivity contribution >= 4 is 11.2 Å². The smallest absolute Gasteiger partial charge is 0.332 e. The first-order valence-electron chi connectivity index (χ1n) is 8.94. The predicted octanol–water partition coefficient (Wildman–Crippen LogP) is 1.39. The number of fused-ring (bicyclic) bond motifs is 1. The molecule has 8 nitrogen and oxygen atoms in total. The summed E-state index contributed by atoms with van der Waals surface area (Å²) in [5.41, 5.74) is -0.104. The minimum Gasteiger partial charge on any atom is -0.632 e. The van der Waals surface area contributed by atoms with Crippen molar-refractivity contribution in [2.75, 3.05) is 13.1 Å². The van der Waals surface area contributed by atoms with Crippen LogP contribution in [0.1, 0.15) is 45.4 Å². The number of aryl methyl sites for hydroxylation is 2. The first-order chi connectivity index (χ1) is 11.8. The number of imidazole rings is 1. The zero-order valence-corrected chi connectivity index (χ0v) is 15.9. The number of hydrogen-bond donors (Lipinski definition) is 0. The minimum absolute atomic E-state index is 0.211. The molecule has 0 aliphatic carbocycles. The van der Waals surface area contributed by atoms with E-state index in [4.69, 9.17) is 0 Å². The average molecular weight is 351 g/mol. The summed E-state index contributed by atoms with van der Waals surface area (Å²) in [6.45, 7) is 5.42. The Morgan fingerprint density at radius 1 is 0.960 bits per heavy atom. The molecule has 0 spiro atoms. The van der Waals surface area contributed by atoms with Crippen LogP contribution in [-0.2, 0) is 27.7 Å². The summed E-state index contributed by atoms with van der Waals surface area (Å²) in [6, 6.07) is 0. The zero-order chi connectivity index (χ0) is 18.8. The Balaban J connectivity index is 2.51. The average Bonchev–Trinajstić information content (AvgIpc) is 2.91. The van der Waals surface area contributed by atoms with Crippen LogP contribution in [-0.4, -0.2) is 36.4 Å². The second kappa shape index (κ2) is 7.53. The van der Waals surface area contributed by atoms with E-state index < -0.39 is 5.69 Å². The third-order valence-electron chi connectivity index (χ3n) is 4.84. The zero-order valence-electron chi connectivity index (χ0n) is 15.9. The molecule has 0 N–H and O–H groups in total. The van der Waals surface area contributed by atoms with E-state index in [-0.39, 0.29) is 16.8 Å². The quantitative estimate of drug-likeness (QED) is 0.531. The number of nitrogens with zero attached hydrogens (tertiary/aromatic N) is 5. The molecule has 140 valence electrons. The molecule has 0 saturated heterocycles. The van der Waals surface area contributed by atoms with Crippen LogP contribution < -0.4 is 11.2 Å². The first-order valence-corrected chi connectivity index (χ1v) is 8.94. The van der Waals surface area contributed by atoms with Crippen molar-refractivity contribution in [2.24, 2.45) is 21.1 Å². The van der Waals surface area contributed by atoms with Crippen LogP contribution in [0.4, 0.5) is 0 Å². The fourth-order valence-electron chi connectivity index (χ4n) is 3.13.